The maximum Gasteiger partial charge on any atom is 0.435 e. The van der Waals surface area contributed by atoms with Crippen molar-refractivity contribution in [3.63, 3.8) is 0 Å². The van der Waals surface area contributed by atoms with Crippen molar-refractivity contribution < 1.29 is 53.1 Å². The molecule has 0 radical (unpaired) electrons. The summed E-state index contributed by atoms with van der Waals surface area (Å²) in [6.07, 6.45) is -12.4. The Morgan fingerprint density at radius 3 is 2.10 bits per heavy atom. The van der Waals surface area contributed by atoms with E-state index >= 15 is 0 Å². The average molecular weight is 612 g/mol. The minimum Gasteiger partial charge on any atom is -0.381 e. The molecule has 2 saturated heterocycles. The molecule has 0 unspecified atom stereocenters. The van der Waals surface area contributed by atoms with Gasteiger partial charge in [0, 0.05) is 31.2 Å². The lowest BCUT2D eigenvalue weighted by molar-refractivity contribution is -0.348. The van der Waals surface area contributed by atoms with Gasteiger partial charge in [-0.15, -0.1) is 0 Å². The van der Waals surface area contributed by atoms with E-state index in [0.29, 0.717) is 38.2 Å². The van der Waals surface area contributed by atoms with Crippen LogP contribution in [0.15, 0.2) is 47.4 Å². The van der Waals surface area contributed by atoms with Crippen LogP contribution >= 0.6 is 0 Å². The Morgan fingerprint density at radius 2 is 1.51 bits per heavy atom. The highest BCUT2D eigenvalue weighted by atomic mass is 32.2. The number of sulfone groups is 1. The van der Waals surface area contributed by atoms with Crippen LogP contribution in [0.2, 0.25) is 0 Å². The molecule has 14 heteroatoms. The number of ether oxygens (including phenoxy) is 1. The number of nitrogens with zero attached hydrogens (tertiary/aromatic N) is 1. The number of hydrogen-bond acceptors (Lipinski definition) is 4. The van der Waals surface area contributed by atoms with Crippen molar-refractivity contribution in [2.24, 2.45) is 5.92 Å². The van der Waals surface area contributed by atoms with Crippen LogP contribution in [-0.2, 0) is 36.2 Å². The molecule has 2 fully saturated rings. The number of rotatable bonds is 4. The average Bonchev–Trinajstić information content (AvgIpc) is 3.33. The lowest BCUT2D eigenvalue weighted by Crippen LogP contribution is -2.54. The first-order chi connectivity index (χ1) is 19.1. The highest BCUT2D eigenvalue weighted by Crippen LogP contribution is 2.57. The number of aryl methyl sites for hydroxylation is 1. The molecule has 41 heavy (non-hydrogen) atoms. The van der Waals surface area contributed by atoms with Gasteiger partial charge in [-0.1, -0.05) is 18.2 Å². The first kappa shape index (κ1) is 29.7. The van der Waals surface area contributed by atoms with E-state index in [1.165, 1.54) is 4.90 Å². The normalized spacial score (nSPS) is 24.2. The number of carbonyl (C=O) groups excluding carboxylic acids is 1. The van der Waals surface area contributed by atoms with Crippen molar-refractivity contribution in [3.05, 3.63) is 65.0 Å². The number of carbonyl (C=O) groups is 1. The van der Waals surface area contributed by atoms with Gasteiger partial charge in [0.2, 0.25) is 5.91 Å². The zero-order valence-corrected chi connectivity index (χ0v) is 22.2. The molecule has 224 valence electrons. The van der Waals surface area contributed by atoms with Crippen LogP contribution < -0.4 is 0 Å². The Morgan fingerprint density at radius 1 is 0.902 bits per heavy atom. The van der Waals surface area contributed by atoms with Crippen molar-refractivity contribution >= 4 is 15.7 Å². The van der Waals surface area contributed by atoms with Gasteiger partial charge in [-0.05, 0) is 67.5 Å². The van der Waals surface area contributed by atoms with Gasteiger partial charge in [-0.25, -0.2) is 17.2 Å². The Hall–Kier alpha value is -2.74. The van der Waals surface area contributed by atoms with Crippen LogP contribution in [0.1, 0.15) is 42.4 Å². The summed E-state index contributed by atoms with van der Waals surface area (Å²) in [5, 5.41) is 0. The van der Waals surface area contributed by atoms with E-state index in [-0.39, 0.29) is 47.7 Å². The second kappa shape index (κ2) is 9.92. The second-order valence-electron chi connectivity index (χ2n) is 10.6. The quantitative estimate of drug-likeness (QED) is 0.326. The molecular formula is C27H25F8NO4S. The summed E-state index contributed by atoms with van der Waals surface area (Å²) in [5.41, 5.74) is -7.69. The van der Waals surface area contributed by atoms with Crippen molar-refractivity contribution in [1.82, 2.24) is 4.90 Å². The SMILES string of the molecule is O=C(C1CCOCC1)N1CC[C@@]2(S(=O)(=O)c3ccc(F)cc3)c3ccc(C(F)(C(F)(F)F)C(F)(F)F)cc3CC[C@@H]12. The minimum absolute atomic E-state index is 0.0410. The van der Waals surface area contributed by atoms with E-state index in [2.05, 4.69) is 0 Å². The molecule has 1 amide bonds. The Kier molecular flexibility index (Phi) is 7.20. The molecule has 2 aromatic rings. The van der Waals surface area contributed by atoms with E-state index in [9.17, 15) is 48.3 Å². The Bertz CT molecular complexity index is 1420. The summed E-state index contributed by atoms with van der Waals surface area (Å²) in [6.45, 7) is 0.631. The number of likely N-dealkylation sites (tertiary alicyclic amines) is 1. The van der Waals surface area contributed by atoms with Crippen molar-refractivity contribution in [2.75, 3.05) is 19.8 Å². The third kappa shape index (κ3) is 4.43. The third-order valence-corrected chi connectivity index (χ3v) is 11.1. The molecule has 0 bridgehead atoms. The highest BCUT2D eigenvalue weighted by molar-refractivity contribution is 7.92. The molecular weight excluding hydrogens is 586 g/mol. The minimum atomic E-state index is -6.34. The molecule has 2 aromatic carbocycles. The number of benzene rings is 2. The summed E-state index contributed by atoms with van der Waals surface area (Å²) in [5.74, 6) is -1.48. The molecule has 0 saturated carbocycles. The largest absolute Gasteiger partial charge is 0.435 e. The van der Waals surface area contributed by atoms with Gasteiger partial charge in [-0.3, -0.25) is 4.79 Å². The van der Waals surface area contributed by atoms with Gasteiger partial charge in [0.25, 0.3) is 0 Å². The molecule has 0 spiro atoms. The van der Waals surface area contributed by atoms with Gasteiger partial charge in [0.15, 0.2) is 9.84 Å². The van der Waals surface area contributed by atoms with E-state index in [4.69, 9.17) is 4.74 Å². The zero-order chi connectivity index (χ0) is 30.0. The maximum atomic E-state index is 14.9. The number of fused-ring (bicyclic) bond motifs is 3. The molecule has 1 aliphatic carbocycles. The molecule has 2 atom stereocenters. The molecule has 0 aromatic heterocycles. The van der Waals surface area contributed by atoms with Crippen molar-refractivity contribution in [1.29, 1.82) is 0 Å². The van der Waals surface area contributed by atoms with Crippen LogP contribution in [0.3, 0.4) is 0 Å². The number of alkyl halides is 7. The fraction of sp³-hybridized carbons (Fsp3) is 0.519. The highest BCUT2D eigenvalue weighted by Gasteiger charge is 2.74. The van der Waals surface area contributed by atoms with E-state index in [1.807, 2.05) is 0 Å². The molecule has 2 aliphatic heterocycles. The number of hydrogen-bond donors (Lipinski definition) is 0. The number of halogens is 8. The van der Waals surface area contributed by atoms with Crippen LogP contribution in [0, 0.1) is 11.7 Å². The molecule has 0 N–H and O–H groups in total. The van der Waals surface area contributed by atoms with Gasteiger partial charge < -0.3 is 9.64 Å². The summed E-state index contributed by atoms with van der Waals surface area (Å²) in [6, 6.07) is 4.39. The van der Waals surface area contributed by atoms with Crippen LogP contribution in [-0.4, -0.2) is 57.4 Å². The fourth-order valence-electron chi connectivity index (χ4n) is 6.50. The summed E-state index contributed by atoms with van der Waals surface area (Å²) < 4.78 is 141. The first-order valence-corrected chi connectivity index (χ1v) is 14.4. The smallest absolute Gasteiger partial charge is 0.381 e. The van der Waals surface area contributed by atoms with Crippen molar-refractivity contribution in [3.8, 4) is 0 Å². The topological polar surface area (TPSA) is 63.7 Å². The van der Waals surface area contributed by atoms with Gasteiger partial charge in [0.1, 0.15) is 10.6 Å². The number of amides is 1. The molecule has 5 nitrogen and oxygen atoms in total. The van der Waals surface area contributed by atoms with Crippen LogP contribution in [0.4, 0.5) is 35.1 Å². The van der Waals surface area contributed by atoms with Gasteiger partial charge >= 0.3 is 18.0 Å². The van der Waals surface area contributed by atoms with Crippen molar-refractivity contribution in [2.45, 2.75) is 65.8 Å². The predicted octanol–water partition coefficient (Wildman–Crippen LogP) is 5.76. The van der Waals surface area contributed by atoms with Crippen LogP contribution in [0.25, 0.3) is 0 Å². The maximum absolute atomic E-state index is 14.9. The monoisotopic (exact) mass is 611 g/mol. The lowest BCUT2D eigenvalue weighted by Gasteiger charge is -2.43. The van der Waals surface area contributed by atoms with Gasteiger partial charge in [0.05, 0.1) is 10.9 Å². The van der Waals surface area contributed by atoms with E-state index < -0.39 is 55.9 Å². The third-order valence-electron chi connectivity index (χ3n) is 8.52. The fourth-order valence-corrected chi connectivity index (χ4v) is 8.86. The lowest BCUT2D eigenvalue weighted by atomic mass is 9.76. The Balaban J connectivity index is 1.68. The molecule has 3 aliphatic rings. The summed E-state index contributed by atoms with van der Waals surface area (Å²) in [7, 11) is -4.52. The van der Waals surface area contributed by atoms with Gasteiger partial charge in [-0.2, -0.15) is 26.3 Å². The van der Waals surface area contributed by atoms with E-state index in [0.717, 1.165) is 30.3 Å². The second-order valence-corrected chi connectivity index (χ2v) is 12.8. The predicted molar refractivity (Wildman–Crippen MR) is 129 cm³/mol. The molecule has 2 heterocycles. The first-order valence-electron chi connectivity index (χ1n) is 12.9. The standard InChI is InChI=1S/C27H25F8NO4S/c28-19-3-5-20(6-4-19)41(38,39)24-11-12-36(23(37)16-9-13-40-14-10-16)22(24)8-1-17-15-18(2-7-21(17)24)25(29,26(30,31)32)27(33,34)35/h2-7,15-16,22H,1,8-14H2/t22-,24-/m1/s1. The summed E-state index contributed by atoms with van der Waals surface area (Å²) >= 11 is 0. The zero-order valence-electron chi connectivity index (χ0n) is 21.4. The molecule has 5 rings (SSSR count). The van der Waals surface area contributed by atoms with E-state index in [1.54, 1.807) is 0 Å². The summed E-state index contributed by atoms with van der Waals surface area (Å²) in [4.78, 5) is 14.7. The van der Waals surface area contributed by atoms with Crippen LogP contribution in [0.5, 0.6) is 0 Å². The Labute approximate surface area is 230 Å².